The van der Waals surface area contributed by atoms with Crippen LogP contribution in [0.15, 0.2) is 53.0 Å². The van der Waals surface area contributed by atoms with Crippen LogP contribution in [-0.2, 0) is 0 Å². The number of hydrogen-bond donors (Lipinski definition) is 1. The van der Waals surface area contributed by atoms with Gasteiger partial charge in [0, 0.05) is 22.1 Å². The van der Waals surface area contributed by atoms with E-state index in [-0.39, 0.29) is 11.9 Å². The molecule has 2 heterocycles. The van der Waals surface area contributed by atoms with Crippen molar-refractivity contribution in [3.8, 4) is 11.3 Å². The molecule has 4 rings (SSSR count). The van der Waals surface area contributed by atoms with Crippen LogP contribution in [0.3, 0.4) is 0 Å². The Kier molecular flexibility index (Phi) is 4.41. The van der Waals surface area contributed by atoms with Crippen LogP contribution >= 0.6 is 15.9 Å². The second kappa shape index (κ2) is 6.72. The van der Waals surface area contributed by atoms with E-state index in [2.05, 4.69) is 76.4 Å². The van der Waals surface area contributed by atoms with Gasteiger partial charge in [-0.25, -0.2) is 0 Å². The molecule has 0 fully saturated rings. The predicted octanol–water partition coefficient (Wildman–Crippen LogP) is 5.10. The largest absolute Gasteiger partial charge is 0.326 e. The van der Waals surface area contributed by atoms with Gasteiger partial charge in [-0.3, -0.25) is 9.89 Å². The van der Waals surface area contributed by atoms with E-state index in [0.29, 0.717) is 5.69 Å². The summed E-state index contributed by atoms with van der Waals surface area (Å²) in [5.74, 6) is 0.0284. The number of aromatic amines is 1. The number of aromatic nitrogens is 2. The number of fused-ring (bicyclic) bond motifs is 1. The van der Waals surface area contributed by atoms with Crippen molar-refractivity contribution in [2.75, 3.05) is 6.54 Å². The van der Waals surface area contributed by atoms with E-state index in [9.17, 15) is 4.79 Å². The Labute approximate surface area is 161 Å². The third-order valence-corrected chi connectivity index (χ3v) is 5.37. The van der Waals surface area contributed by atoms with Gasteiger partial charge in [0.25, 0.3) is 5.91 Å². The van der Waals surface area contributed by atoms with Crippen LogP contribution in [0.25, 0.3) is 11.3 Å². The maximum absolute atomic E-state index is 13.0. The quantitative estimate of drug-likeness (QED) is 0.651. The Bertz CT molecular complexity index is 944. The fourth-order valence-electron chi connectivity index (χ4n) is 3.59. The lowest BCUT2D eigenvalue weighted by molar-refractivity contribution is 0.0744. The summed E-state index contributed by atoms with van der Waals surface area (Å²) in [5, 5.41) is 7.49. The van der Waals surface area contributed by atoms with Gasteiger partial charge in [-0.2, -0.15) is 5.10 Å². The highest BCUT2D eigenvalue weighted by molar-refractivity contribution is 9.10. The number of carbonyl (C=O) groups excluding carboxylic acids is 1. The van der Waals surface area contributed by atoms with Crippen molar-refractivity contribution in [1.82, 2.24) is 15.1 Å². The van der Waals surface area contributed by atoms with Crippen LogP contribution < -0.4 is 0 Å². The van der Waals surface area contributed by atoms with Crippen molar-refractivity contribution in [3.05, 3.63) is 75.4 Å². The number of rotatable bonds is 4. The zero-order valence-electron chi connectivity index (χ0n) is 14.8. The summed E-state index contributed by atoms with van der Waals surface area (Å²) in [4.78, 5) is 14.9. The first kappa shape index (κ1) is 17.0. The lowest BCUT2D eigenvalue weighted by Gasteiger charge is -2.26. The van der Waals surface area contributed by atoms with Gasteiger partial charge < -0.3 is 4.90 Å². The predicted molar refractivity (Wildman–Crippen MR) is 106 cm³/mol. The van der Waals surface area contributed by atoms with Gasteiger partial charge in [-0.1, -0.05) is 64.8 Å². The van der Waals surface area contributed by atoms with Gasteiger partial charge in [-0.15, -0.1) is 0 Å². The van der Waals surface area contributed by atoms with Gasteiger partial charge >= 0.3 is 0 Å². The van der Waals surface area contributed by atoms with Crippen LogP contribution in [0.4, 0.5) is 0 Å². The molecular weight excluding hydrogens is 390 g/mol. The monoisotopic (exact) mass is 409 g/mol. The molecule has 1 atom stereocenters. The standard InChI is InChI=1S/C21H20BrN3O/c1-3-12-25-20(15-8-10-16(22)11-9-15)17-18(23-24-19(17)21(25)26)14-6-4-13(2)5-7-14/h4-11,20H,3,12H2,1-2H3,(H,23,24). The van der Waals surface area contributed by atoms with Crippen molar-refractivity contribution in [2.24, 2.45) is 0 Å². The second-order valence-corrected chi connectivity index (χ2v) is 7.60. The Morgan fingerprint density at radius 2 is 1.81 bits per heavy atom. The van der Waals surface area contributed by atoms with Gasteiger partial charge in [0.15, 0.2) is 0 Å². The molecular formula is C21H20BrN3O. The van der Waals surface area contributed by atoms with Crippen LogP contribution in [0, 0.1) is 6.92 Å². The van der Waals surface area contributed by atoms with E-state index in [0.717, 1.165) is 39.8 Å². The van der Waals surface area contributed by atoms with Crippen molar-refractivity contribution < 1.29 is 4.79 Å². The SMILES string of the molecule is CCCN1C(=O)c2[nH]nc(-c3ccc(C)cc3)c2C1c1ccc(Br)cc1. The topological polar surface area (TPSA) is 49.0 Å². The number of nitrogens with one attached hydrogen (secondary N) is 1. The van der Waals surface area contributed by atoms with Gasteiger partial charge in [-0.05, 0) is 31.0 Å². The summed E-state index contributed by atoms with van der Waals surface area (Å²) >= 11 is 3.49. The summed E-state index contributed by atoms with van der Waals surface area (Å²) in [6.45, 7) is 4.88. The summed E-state index contributed by atoms with van der Waals surface area (Å²) in [5.41, 5.74) is 5.79. The van der Waals surface area contributed by atoms with Crippen molar-refractivity contribution >= 4 is 21.8 Å². The zero-order chi connectivity index (χ0) is 18.3. The summed E-state index contributed by atoms with van der Waals surface area (Å²) in [6.07, 6.45) is 0.913. The zero-order valence-corrected chi connectivity index (χ0v) is 16.4. The molecule has 0 saturated carbocycles. The van der Waals surface area contributed by atoms with Crippen molar-refractivity contribution in [2.45, 2.75) is 26.3 Å². The average molecular weight is 410 g/mol. The molecule has 5 heteroatoms. The smallest absolute Gasteiger partial charge is 0.273 e. The number of carbonyl (C=O) groups is 1. The van der Waals surface area contributed by atoms with Crippen LogP contribution in [-0.4, -0.2) is 27.5 Å². The van der Waals surface area contributed by atoms with Gasteiger partial charge in [0.1, 0.15) is 5.69 Å². The summed E-state index contributed by atoms with van der Waals surface area (Å²) in [6, 6.07) is 16.4. The van der Waals surface area contributed by atoms with E-state index in [4.69, 9.17) is 0 Å². The molecule has 1 aliphatic rings. The molecule has 1 aromatic heterocycles. The third kappa shape index (κ3) is 2.76. The molecule has 0 radical (unpaired) electrons. The number of nitrogens with zero attached hydrogens (tertiary/aromatic N) is 2. The highest BCUT2D eigenvalue weighted by Crippen LogP contribution is 2.42. The molecule has 3 aromatic rings. The third-order valence-electron chi connectivity index (χ3n) is 4.84. The van der Waals surface area contributed by atoms with Gasteiger partial charge in [0.05, 0.1) is 11.7 Å². The van der Waals surface area contributed by atoms with E-state index in [1.807, 2.05) is 17.0 Å². The van der Waals surface area contributed by atoms with Gasteiger partial charge in [0.2, 0.25) is 0 Å². The highest BCUT2D eigenvalue weighted by atomic mass is 79.9. The first-order valence-corrected chi connectivity index (χ1v) is 9.61. The van der Waals surface area contributed by atoms with Crippen molar-refractivity contribution in [3.63, 3.8) is 0 Å². The molecule has 0 bridgehead atoms. The molecule has 1 unspecified atom stereocenters. The van der Waals surface area contributed by atoms with E-state index in [1.54, 1.807) is 0 Å². The molecule has 26 heavy (non-hydrogen) atoms. The minimum absolute atomic E-state index is 0.0284. The lowest BCUT2D eigenvalue weighted by Crippen LogP contribution is -2.30. The summed E-state index contributed by atoms with van der Waals surface area (Å²) in [7, 11) is 0. The van der Waals surface area contributed by atoms with E-state index in [1.165, 1.54) is 5.56 Å². The number of amides is 1. The molecule has 1 aliphatic heterocycles. The van der Waals surface area contributed by atoms with E-state index >= 15 is 0 Å². The number of benzene rings is 2. The highest BCUT2D eigenvalue weighted by Gasteiger charge is 2.41. The molecule has 0 saturated heterocycles. The van der Waals surface area contributed by atoms with Crippen LogP contribution in [0.5, 0.6) is 0 Å². The number of H-pyrrole nitrogens is 1. The fourth-order valence-corrected chi connectivity index (χ4v) is 3.86. The number of halogens is 1. The maximum atomic E-state index is 13.0. The first-order chi connectivity index (χ1) is 12.6. The minimum atomic E-state index is -0.111. The fraction of sp³-hybridized carbons (Fsp3) is 0.238. The molecule has 0 spiro atoms. The summed E-state index contributed by atoms with van der Waals surface area (Å²) < 4.78 is 1.03. The Hall–Kier alpha value is -2.40. The van der Waals surface area contributed by atoms with E-state index < -0.39 is 0 Å². The number of aryl methyl sites for hydroxylation is 1. The molecule has 0 aliphatic carbocycles. The van der Waals surface area contributed by atoms with Crippen LogP contribution in [0.1, 0.15) is 46.6 Å². The van der Waals surface area contributed by atoms with Crippen LogP contribution in [0.2, 0.25) is 0 Å². The lowest BCUT2D eigenvalue weighted by atomic mass is 9.96. The Balaban J connectivity index is 1.87. The Morgan fingerprint density at radius 1 is 1.12 bits per heavy atom. The molecule has 1 amide bonds. The molecule has 2 aromatic carbocycles. The van der Waals surface area contributed by atoms with Crippen molar-refractivity contribution in [1.29, 1.82) is 0 Å². The second-order valence-electron chi connectivity index (χ2n) is 6.68. The maximum Gasteiger partial charge on any atom is 0.273 e. The minimum Gasteiger partial charge on any atom is -0.326 e. The Morgan fingerprint density at radius 3 is 2.46 bits per heavy atom. The number of hydrogen-bond acceptors (Lipinski definition) is 2. The first-order valence-electron chi connectivity index (χ1n) is 8.82. The molecule has 132 valence electrons. The normalized spacial score (nSPS) is 16.2. The molecule has 4 nitrogen and oxygen atoms in total. The average Bonchev–Trinajstić information content (AvgIpc) is 3.17. The molecule has 1 N–H and O–H groups in total.